The average molecular weight is 390 g/mol. The second kappa shape index (κ2) is 9.35. The third-order valence-corrected chi connectivity index (χ3v) is 3.65. The fourth-order valence-electron chi connectivity index (χ4n) is 2.06. The van der Waals surface area contributed by atoms with Gasteiger partial charge in [0.25, 0.3) is 11.6 Å². The number of hydrogen-bond acceptors (Lipinski definition) is 6. The van der Waals surface area contributed by atoms with Gasteiger partial charge in [0, 0.05) is 11.6 Å². The van der Waals surface area contributed by atoms with Crippen molar-refractivity contribution >= 4 is 29.4 Å². The molecule has 0 radical (unpaired) electrons. The Morgan fingerprint density at radius 3 is 2.78 bits per heavy atom. The maximum absolute atomic E-state index is 12.1. The highest BCUT2D eigenvalue weighted by Crippen LogP contribution is 2.27. The molecule has 0 aliphatic heterocycles. The lowest BCUT2D eigenvalue weighted by Gasteiger charge is -2.09. The number of benzene rings is 2. The van der Waals surface area contributed by atoms with Crippen LogP contribution in [0.5, 0.6) is 11.5 Å². The minimum absolute atomic E-state index is 0.0501. The van der Waals surface area contributed by atoms with Crippen molar-refractivity contribution in [3.05, 3.63) is 75.3 Å². The van der Waals surface area contributed by atoms with Crippen LogP contribution in [0.25, 0.3) is 0 Å². The summed E-state index contributed by atoms with van der Waals surface area (Å²) in [4.78, 5) is 22.3. The lowest BCUT2D eigenvalue weighted by Crippen LogP contribution is -2.17. The summed E-state index contributed by atoms with van der Waals surface area (Å²) in [5.41, 5.74) is 2.66. The quantitative estimate of drug-likeness (QED) is 0.321. The average Bonchev–Trinajstić information content (AvgIpc) is 2.66. The minimum Gasteiger partial charge on any atom is -0.493 e. The molecule has 8 nitrogen and oxygen atoms in total. The molecule has 0 saturated heterocycles. The molecular weight excluding hydrogens is 374 g/mol. The van der Waals surface area contributed by atoms with Crippen molar-refractivity contribution in [2.24, 2.45) is 5.10 Å². The number of nitrogens with zero attached hydrogens (tertiary/aromatic N) is 2. The Morgan fingerprint density at radius 2 is 2.11 bits per heavy atom. The van der Waals surface area contributed by atoms with Crippen LogP contribution in [-0.4, -0.2) is 30.8 Å². The number of nitrogens with one attached hydrogen (secondary N) is 1. The maximum atomic E-state index is 12.1. The van der Waals surface area contributed by atoms with Crippen LogP contribution < -0.4 is 14.9 Å². The lowest BCUT2D eigenvalue weighted by atomic mass is 10.2. The molecule has 0 aliphatic carbocycles. The van der Waals surface area contributed by atoms with E-state index >= 15 is 0 Å². The van der Waals surface area contributed by atoms with E-state index in [0.29, 0.717) is 23.7 Å². The van der Waals surface area contributed by atoms with Gasteiger partial charge >= 0.3 is 0 Å². The zero-order valence-corrected chi connectivity index (χ0v) is 15.1. The molecule has 2 aromatic carbocycles. The zero-order valence-electron chi connectivity index (χ0n) is 14.3. The third-order valence-electron chi connectivity index (χ3n) is 3.33. The van der Waals surface area contributed by atoms with Crippen LogP contribution in [0.2, 0.25) is 5.02 Å². The number of methoxy groups -OCH3 is 1. The number of hydrazone groups is 1. The summed E-state index contributed by atoms with van der Waals surface area (Å²) in [5.74, 6) is 0.441. The van der Waals surface area contributed by atoms with Crippen molar-refractivity contribution in [3.63, 3.8) is 0 Å². The van der Waals surface area contributed by atoms with Crippen molar-refractivity contribution in [1.29, 1.82) is 0 Å². The first-order valence-corrected chi connectivity index (χ1v) is 8.03. The highest BCUT2D eigenvalue weighted by Gasteiger charge is 2.16. The highest BCUT2D eigenvalue weighted by atomic mass is 35.5. The second-order valence-corrected chi connectivity index (χ2v) is 5.54. The van der Waals surface area contributed by atoms with Gasteiger partial charge in [-0.05, 0) is 35.9 Å². The SMILES string of the molecule is C=CCOc1ccc(/C=N/NC(=O)c2ccc(Cl)c([N+](=O)[O-])c2)cc1OC. The molecule has 1 N–H and O–H groups in total. The molecule has 0 spiro atoms. The molecule has 0 heterocycles. The summed E-state index contributed by atoms with van der Waals surface area (Å²) in [6, 6.07) is 8.85. The van der Waals surface area contributed by atoms with Crippen LogP contribution in [0.1, 0.15) is 15.9 Å². The van der Waals surface area contributed by atoms with Crippen LogP contribution in [0, 0.1) is 10.1 Å². The maximum Gasteiger partial charge on any atom is 0.288 e. The highest BCUT2D eigenvalue weighted by molar-refractivity contribution is 6.32. The molecule has 1 amide bonds. The first-order valence-electron chi connectivity index (χ1n) is 7.65. The predicted molar refractivity (Wildman–Crippen MR) is 102 cm³/mol. The molecule has 9 heteroatoms. The topological polar surface area (TPSA) is 103 Å². The number of carbonyl (C=O) groups excluding carboxylic acids is 1. The van der Waals surface area contributed by atoms with Crippen molar-refractivity contribution in [3.8, 4) is 11.5 Å². The van der Waals surface area contributed by atoms with E-state index in [1.54, 1.807) is 24.3 Å². The number of hydrogen-bond donors (Lipinski definition) is 1. The van der Waals surface area contributed by atoms with E-state index in [-0.39, 0.29) is 16.3 Å². The van der Waals surface area contributed by atoms with Gasteiger partial charge in [0.2, 0.25) is 0 Å². The number of rotatable bonds is 8. The molecule has 2 aromatic rings. The molecule has 0 unspecified atom stereocenters. The smallest absolute Gasteiger partial charge is 0.288 e. The third kappa shape index (κ3) is 5.29. The summed E-state index contributed by atoms with van der Waals surface area (Å²) in [7, 11) is 1.51. The van der Waals surface area contributed by atoms with E-state index in [4.69, 9.17) is 21.1 Å². The molecule has 0 bridgehead atoms. The number of halogens is 1. The van der Waals surface area contributed by atoms with Gasteiger partial charge in [-0.3, -0.25) is 14.9 Å². The minimum atomic E-state index is -0.662. The van der Waals surface area contributed by atoms with Gasteiger partial charge in [-0.2, -0.15) is 5.10 Å². The van der Waals surface area contributed by atoms with E-state index in [0.717, 1.165) is 6.07 Å². The van der Waals surface area contributed by atoms with Crippen LogP contribution in [0.15, 0.2) is 54.2 Å². The van der Waals surface area contributed by atoms with Gasteiger partial charge in [0.15, 0.2) is 11.5 Å². The molecule has 2 rings (SSSR count). The van der Waals surface area contributed by atoms with Crippen molar-refractivity contribution in [2.75, 3.05) is 13.7 Å². The molecule has 0 aromatic heterocycles. The monoisotopic (exact) mass is 389 g/mol. The summed E-state index contributed by atoms with van der Waals surface area (Å²) in [5, 5.41) is 14.7. The van der Waals surface area contributed by atoms with Gasteiger partial charge in [0.05, 0.1) is 18.2 Å². The molecular formula is C18H16ClN3O5. The van der Waals surface area contributed by atoms with E-state index < -0.39 is 10.8 Å². The summed E-state index contributed by atoms with van der Waals surface area (Å²) >= 11 is 5.72. The molecule has 27 heavy (non-hydrogen) atoms. The predicted octanol–water partition coefficient (Wildman–Crippen LogP) is 3.59. The Bertz CT molecular complexity index is 899. The van der Waals surface area contributed by atoms with E-state index in [9.17, 15) is 14.9 Å². The van der Waals surface area contributed by atoms with Gasteiger partial charge in [0.1, 0.15) is 11.6 Å². The largest absolute Gasteiger partial charge is 0.493 e. The van der Waals surface area contributed by atoms with Gasteiger partial charge in [-0.1, -0.05) is 24.3 Å². The fourth-order valence-corrected chi connectivity index (χ4v) is 2.24. The van der Waals surface area contributed by atoms with Crippen LogP contribution >= 0.6 is 11.6 Å². The summed E-state index contributed by atoms with van der Waals surface area (Å²) < 4.78 is 10.7. The lowest BCUT2D eigenvalue weighted by molar-refractivity contribution is -0.384. The summed E-state index contributed by atoms with van der Waals surface area (Å²) in [6.07, 6.45) is 3.02. The van der Waals surface area contributed by atoms with Crippen LogP contribution in [0.3, 0.4) is 0 Å². The van der Waals surface area contributed by atoms with Crippen molar-refractivity contribution < 1.29 is 19.2 Å². The second-order valence-electron chi connectivity index (χ2n) is 5.13. The Labute approximate surface area is 160 Å². The number of nitro groups is 1. The van der Waals surface area contributed by atoms with Crippen molar-refractivity contribution in [2.45, 2.75) is 0 Å². The normalized spacial score (nSPS) is 10.4. The Hall–Kier alpha value is -3.39. The van der Waals surface area contributed by atoms with Gasteiger partial charge < -0.3 is 9.47 Å². The molecule has 0 atom stereocenters. The van der Waals surface area contributed by atoms with Crippen LogP contribution in [-0.2, 0) is 0 Å². The Morgan fingerprint density at radius 1 is 1.33 bits per heavy atom. The standard InChI is InChI=1S/C18H16ClN3O5/c1-3-8-27-16-7-4-12(9-17(16)26-2)11-20-21-18(23)13-5-6-14(19)15(10-13)22(24)25/h3-7,9-11H,1,8H2,2H3,(H,21,23)/b20-11+. The molecule has 0 aliphatic rings. The Kier molecular flexibility index (Phi) is 6.90. The first-order chi connectivity index (χ1) is 13.0. The van der Waals surface area contributed by atoms with Gasteiger partial charge in [-0.15, -0.1) is 0 Å². The van der Waals surface area contributed by atoms with E-state index in [1.165, 1.54) is 25.5 Å². The van der Waals surface area contributed by atoms with Crippen LogP contribution in [0.4, 0.5) is 5.69 Å². The number of amides is 1. The molecule has 140 valence electrons. The first kappa shape index (κ1) is 19.9. The van der Waals surface area contributed by atoms with Crippen molar-refractivity contribution in [1.82, 2.24) is 5.43 Å². The van der Waals surface area contributed by atoms with Gasteiger partial charge in [-0.25, -0.2) is 5.43 Å². The molecule has 0 saturated carbocycles. The number of carbonyl (C=O) groups is 1. The molecule has 0 fully saturated rings. The van der Waals surface area contributed by atoms with E-state index in [1.807, 2.05) is 0 Å². The fraction of sp³-hybridized carbons (Fsp3) is 0.111. The zero-order chi connectivity index (χ0) is 19.8. The number of nitro benzene ring substituents is 1. The van der Waals surface area contributed by atoms with E-state index in [2.05, 4.69) is 17.1 Å². The summed E-state index contributed by atoms with van der Waals surface area (Å²) in [6.45, 7) is 3.92. The Balaban J connectivity index is 2.08. The number of ether oxygens (including phenoxy) is 2.